The SMILES string of the molecule is C(=NCc1ccccc1)c1cn(CCSc2ccccc2)c2ccccc12. The van der Waals surface area contributed by atoms with Crippen LogP contribution in [0.3, 0.4) is 0 Å². The van der Waals surface area contributed by atoms with Crippen LogP contribution in [-0.2, 0) is 13.1 Å². The minimum atomic E-state index is 0.713. The second-order valence-corrected chi connectivity index (χ2v) is 7.58. The number of para-hydroxylation sites is 1. The number of nitrogens with zero attached hydrogens (tertiary/aromatic N) is 2. The minimum absolute atomic E-state index is 0.713. The topological polar surface area (TPSA) is 17.3 Å². The standard InChI is InChI=1S/C24H22N2S/c1-3-9-20(10-4-1)17-25-18-21-19-26(24-14-8-7-13-23(21)24)15-16-27-22-11-5-2-6-12-22/h1-14,18-19H,15-17H2. The Morgan fingerprint density at radius 3 is 2.33 bits per heavy atom. The first-order chi connectivity index (χ1) is 13.4. The Morgan fingerprint density at radius 2 is 1.52 bits per heavy atom. The Hall–Kier alpha value is -2.78. The van der Waals surface area contributed by atoms with E-state index < -0.39 is 0 Å². The number of thioether (sulfide) groups is 1. The summed E-state index contributed by atoms with van der Waals surface area (Å²) in [4.78, 5) is 5.98. The normalized spacial score (nSPS) is 11.4. The van der Waals surface area contributed by atoms with E-state index in [0.717, 1.165) is 12.3 Å². The van der Waals surface area contributed by atoms with Crippen LogP contribution in [0.1, 0.15) is 11.1 Å². The average Bonchev–Trinajstić information content (AvgIpc) is 3.08. The number of hydrogen-bond donors (Lipinski definition) is 0. The van der Waals surface area contributed by atoms with Crippen LogP contribution < -0.4 is 0 Å². The van der Waals surface area contributed by atoms with Crippen molar-refractivity contribution in [2.75, 3.05) is 5.75 Å². The van der Waals surface area contributed by atoms with Crippen LogP contribution in [0.2, 0.25) is 0 Å². The molecule has 1 heterocycles. The number of aromatic nitrogens is 1. The number of rotatable bonds is 7. The Kier molecular flexibility index (Phi) is 5.70. The van der Waals surface area contributed by atoms with Gasteiger partial charge < -0.3 is 4.57 Å². The molecule has 27 heavy (non-hydrogen) atoms. The molecule has 0 unspecified atom stereocenters. The van der Waals surface area contributed by atoms with E-state index in [1.54, 1.807) is 0 Å². The number of aryl methyl sites for hydroxylation is 1. The van der Waals surface area contributed by atoms with E-state index in [2.05, 4.69) is 94.6 Å². The zero-order chi connectivity index (χ0) is 18.3. The fourth-order valence-electron chi connectivity index (χ4n) is 3.17. The van der Waals surface area contributed by atoms with Gasteiger partial charge in [0.2, 0.25) is 0 Å². The van der Waals surface area contributed by atoms with Gasteiger partial charge >= 0.3 is 0 Å². The molecule has 0 radical (unpaired) electrons. The number of fused-ring (bicyclic) bond motifs is 1. The summed E-state index contributed by atoms with van der Waals surface area (Å²) in [5.41, 5.74) is 3.69. The lowest BCUT2D eigenvalue weighted by Gasteiger charge is -2.05. The second-order valence-electron chi connectivity index (χ2n) is 6.41. The van der Waals surface area contributed by atoms with Gasteiger partial charge in [-0.3, -0.25) is 4.99 Å². The summed E-state index contributed by atoms with van der Waals surface area (Å²) < 4.78 is 2.34. The first kappa shape index (κ1) is 17.6. The van der Waals surface area contributed by atoms with E-state index in [1.165, 1.54) is 26.9 Å². The third-order valence-electron chi connectivity index (χ3n) is 4.51. The van der Waals surface area contributed by atoms with Crippen LogP contribution >= 0.6 is 11.8 Å². The highest BCUT2D eigenvalue weighted by atomic mass is 32.2. The van der Waals surface area contributed by atoms with Gasteiger partial charge in [-0.25, -0.2) is 0 Å². The van der Waals surface area contributed by atoms with E-state index in [9.17, 15) is 0 Å². The molecule has 1 aromatic heterocycles. The van der Waals surface area contributed by atoms with Crippen molar-refractivity contribution in [3.05, 3.63) is 102 Å². The van der Waals surface area contributed by atoms with Gasteiger partial charge in [0.25, 0.3) is 0 Å². The third kappa shape index (κ3) is 4.50. The zero-order valence-corrected chi connectivity index (χ0v) is 16.0. The van der Waals surface area contributed by atoms with Crippen LogP contribution in [0.5, 0.6) is 0 Å². The molecule has 3 aromatic carbocycles. The van der Waals surface area contributed by atoms with Gasteiger partial charge in [0.1, 0.15) is 0 Å². The molecule has 134 valence electrons. The molecule has 0 aliphatic carbocycles. The Balaban J connectivity index is 1.48. The third-order valence-corrected chi connectivity index (χ3v) is 5.50. The molecule has 3 heteroatoms. The van der Waals surface area contributed by atoms with Gasteiger partial charge in [-0.05, 0) is 23.8 Å². The lowest BCUT2D eigenvalue weighted by Crippen LogP contribution is -1.98. The summed E-state index contributed by atoms with van der Waals surface area (Å²) >= 11 is 1.89. The van der Waals surface area contributed by atoms with Gasteiger partial charge in [-0.15, -0.1) is 11.8 Å². The molecular formula is C24H22N2S. The van der Waals surface area contributed by atoms with Crippen LogP contribution in [0, 0.1) is 0 Å². The highest BCUT2D eigenvalue weighted by molar-refractivity contribution is 7.99. The van der Waals surface area contributed by atoms with E-state index in [1.807, 2.05) is 24.0 Å². The fourth-order valence-corrected chi connectivity index (χ4v) is 4.05. The smallest absolute Gasteiger partial charge is 0.0639 e. The number of aliphatic imine (C=N–C) groups is 1. The van der Waals surface area contributed by atoms with Crippen molar-refractivity contribution in [2.24, 2.45) is 4.99 Å². The van der Waals surface area contributed by atoms with E-state index in [-0.39, 0.29) is 0 Å². The maximum atomic E-state index is 4.66. The van der Waals surface area contributed by atoms with Crippen molar-refractivity contribution in [3.63, 3.8) is 0 Å². The molecule has 0 fully saturated rings. The molecule has 0 N–H and O–H groups in total. The fraction of sp³-hybridized carbons (Fsp3) is 0.125. The Bertz CT molecular complexity index is 1020. The second kappa shape index (κ2) is 8.74. The predicted octanol–water partition coefficient (Wildman–Crippen LogP) is 6.05. The van der Waals surface area contributed by atoms with E-state index >= 15 is 0 Å². The quantitative estimate of drug-likeness (QED) is 0.286. The molecular weight excluding hydrogens is 348 g/mol. The van der Waals surface area contributed by atoms with Crippen molar-refractivity contribution >= 4 is 28.9 Å². The lowest BCUT2D eigenvalue weighted by molar-refractivity contribution is 0.807. The number of hydrogen-bond acceptors (Lipinski definition) is 2. The van der Waals surface area contributed by atoms with E-state index in [0.29, 0.717) is 6.54 Å². The summed E-state index contributed by atoms with van der Waals surface area (Å²) in [6, 6.07) is 29.5. The van der Waals surface area contributed by atoms with Gasteiger partial charge in [0.15, 0.2) is 0 Å². The van der Waals surface area contributed by atoms with Crippen molar-refractivity contribution in [1.82, 2.24) is 4.57 Å². The summed E-state index contributed by atoms with van der Waals surface area (Å²) in [5, 5.41) is 1.26. The van der Waals surface area contributed by atoms with Crippen LogP contribution in [-0.4, -0.2) is 16.5 Å². The first-order valence-electron chi connectivity index (χ1n) is 9.19. The summed E-state index contributed by atoms with van der Waals surface area (Å²) in [6.45, 7) is 1.69. The van der Waals surface area contributed by atoms with Gasteiger partial charge in [0, 0.05) is 46.1 Å². The molecule has 4 rings (SSSR count). The van der Waals surface area contributed by atoms with Crippen molar-refractivity contribution < 1.29 is 0 Å². The van der Waals surface area contributed by atoms with Gasteiger partial charge in [-0.2, -0.15) is 0 Å². The lowest BCUT2D eigenvalue weighted by atomic mass is 10.2. The largest absolute Gasteiger partial charge is 0.346 e. The monoisotopic (exact) mass is 370 g/mol. The maximum Gasteiger partial charge on any atom is 0.0639 e. The van der Waals surface area contributed by atoms with Gasteiger partial charge in [0.05, 0.1) is 6.54 Å². The van der Waals surface area contributed by atoms with E-state index in [4.69, 9.17) is 0 Å². The van der Waals surface area contributed by atoms with Crippen molar-refractivity contribution in [3.8, 4) is 0 Å². The first-order valence-corrected chi connectivity index (χ1v) is 10.2. The summed E-state index contributed by atoms with van der Waals surface area (Å²) in [7, 11) is 0. The molecule has 0 saturated heterocycles. The molecule has 2 nitrogen and oxygen atoms in total. The predicted molar refractivity (Wildman–Crippen MR) is 117 cm³/mol. The molecule has 4 aromatic rings. The zero-order valence-electron chi connectivity index (χ0n) is 15.2. The molecule has 0 bridgehead atoms. The van der Waals surface area contributed by atoms with Crippen LogP contribution in [0.25, 0.3) is 10.9 Å². The average molecular weight is 371 g/mol. The Morgan fingerprint density at radius 1 is 0.815 bits per heavy atom. The molecule has 0 aliphatic rings. The van der Waals surface area contributed by atoms with Gasteiger partial charge in [-0.1, -0.05) is 66.7 Å². The minimum Gasteiger partial charge on any atom is -0.346 e. The molecule has 0 amide bonds. The molecule has 0 spiro atoms. The summed E-state index contributed by atoms with van der Waals surface area (Å²) in [5.74, 6) is 1.04. The Labute approximate surface area is 164 Å². The highest BCUT2D eigenvalue weighted by Crippen LogP contribution is 2.22. The molecule has 0 aliphatic heterocycles. The van der Waals surface area contributed by atoms with Crippen LogP contribution in [0.4, 0.5) is 0 Å². The number of benzene rings is 3. The summed E-state index contributed by atoms with van der Waals surface area (Å²) in [6.07, 6.45) is 4.24. The molecule has 0 atom stereocenters. The maximum absolute atomic E-state index is 4.66. The van der Waals surface area contributed by atoms with Crippen molar-refractivity contribution in [2.45, 2.75) is 18.0 Å². The molecule has 0 saturated carbocycles. The van der Waals surface area contributed by atoms with Crippen molar-refractivity contribution in [1.29, 1.82) is 0 Å². The van der Waals surface area contributed by atoms with Crippen LogP contribution in [0.15, 0.2) is 101 Å². The highest BCUT2D eigenvalue weighted by Gasteiger charge is 2.06.